The molecule has 3 heterocycles. The fourth-order valence-electron chi connectivity index (χ4n) is 3.91. The lowest BCUT2D eigenvalue weighted by Gasteiger charge is -2.33. The highest BCUT2D eigenvalue weighted by Gasteiger charge is 2.45. The molecule has 0 unspecified atom stereocenters. The maximum absolute atomic E-state index is 12.7. The molecule has 28 heavy (non-hydrogen) atoms. The van der Waals surface area contributed by atoms with Gasteiger partial charge < -0.3 is 14.6 Å². The van der Waals surface area contributed by atoms with E-state index >= 15 is 0 Å². The topological polar surface area (TPSA) is 97.0 Å². The normalized spacial score (nSPS) is 19.0. The molecule has 5 rings (SSSR count). The van der Waals surface area contributed by atoms with E-state index in [1.807, 2.05) is 30.0 Å². The molecule has 3 aromatic rings. The van der Waals surface area contributed by atoms with Gasteiger partial charge in [0.1, 0.15) is 12.4 Å². The summed E-state index contributed by atoms with van der Waals surface area (Å²) in [6, 6.07) is 5.51. The van der Waals surface area contributed by atoms with E-state index in [4.69, 9.17) is 4.42 Å². The lowest BCUT2D eigenvalue weighted by atomic mass is 9.93. The molecular formula is C20H22N6O2. The summed E-state index contributed by atoms with van der Waals surface area (Å²) in [4.78, 5) is 22.9. The van der Waals surface area contributed by atoms with Crippen molar-refractivity contribution in [2.45, 2.75) is 38.6 Å². The Morgan fingerprint density at radius 1 is 1.21 bits per heavy atom. The Bertz CT molecular complexity index is 1020. The van der Waals surface area contributed by atoms with Crippen LogP contribution in [-0.4, -0.2) is 50.1 Å². The number of rotatable bonds is 4. The number of likely N-dealkylation sites (tertiary alicyclic amines) is 1. The molecule has 1 atom stereocenters. The third kappa shape index (κ3) is 3.19. The summed E-state index contributed by atoms with van der Waals surface area (Å²) < 4.78 is 5.72. The van der Waals surface area contributed by atoms with E-state index in [0.717, 1.165) is 42.4 Å². The highest BCUT2D eigenvalue weighted by atomic mass is 16.4. The summed E-state index contributed by atoms with van der Waals surface area (Å²) in [6.45, 7) is 3.53. The first-order valence-electron chi connectivity index (χ1n) is 9.71. The van der Waals surface area contributed by atoms with Gasteiger partial charge in [-0.1, -0.05) is 5.10 Å². The molecule has 2 aromatic heterocycles. The summed E-state index contributed by atoms with van der Waals surface area (Å²) in [5.74, 6) is 0.472. The van der Waals surface area contributed by atoms with Gasteiger partial charge >= 0.3 is 6.01 Å². The number of hydrogen-bond acceptors (Lipinski definition) is 7. The molecule has 2 aliphatic rings. The van der Waals surface area contributed by atoms with Gasteiger partial charge in [0.25, 0.3) is 0 Å². The second-order valence-electron chi connectivity index (χ2n) is 7.90. The van der Waals surface area contributed by atoms with E-state index in [2.05, 4.69) is 25.5 Å². The van der Waals surface area contributed by atoms with Crippen molar-refractivity contribution in [2.75, 3.05) is 18.4 Å². The van der Waals surface area contributed by atoms with Crippen molar-refractivity contribution in [3.05, 3.63) is 30.7 Å². The molecule has 2 fully saturated rings. The number of amides is 1. The quantitative estimate of drug-likeness (QED) is 0.745. The fraction of sp³-hybridized carbons (Fsp3) is 0.450. The molecular weight excluding hydrogens is 356 g/mol. The van der Waals surface area contributed by atoms with E-state index in [1.54, 1.807) is 6.20 Å². The van der Waals surface area contributed by atoms with Gasteiger partial charge in [-0.15, -0.1) is 5.10 Å². The molecule has 1 spiro atoms. The van der Waals surface area contributed by atoms with E-state index in [0.29, 0.717) is 11.3 Å². The molecule has 1 N–H and O–H groups in total. The fourth-order valence-corrected chi connectivity index (χ4v) is 3.91. The Morgan fingerprint density at radius 3 is 2.82 bits per heavy atom. The van der Waals surface area contributed by atoms with Gasteiger partial charge in [-0.25, -0.2) is 9.97 Å². The number of nitrogens with zero attached hydrogens (tertiary/aromatic N) is 5. The predicted octanol–water partition coefficient (Wildman–Crippen LogP) is 2.88. The van der Waals surface area contributed by atoms with Crippen LogP contribution in [-0.2, 0) is 4.79 Å². The largest absolute Gasteiger partial charge is 0.403 e. The standard InChI is InChI=1S/C20H22N6O2/c1-13(18(27)26-8-6-20(4-5-20)7-9-26)23-19-25-24-17(28-19)14-2-3-16-15(10-14)11-21-12-22-16/h2-3,10-13H,4-9H2,1H3,(H,23,25)/t13-/m0/s1. The zero-order chi connectivity index (χ0) is 19.1. The number of aromatic nitrogens is 4. The van der Waals surface area contributed by atoms with Crippen molar-refractivity contribution in [1.82, 2.24) is 25.1 Å². The number of benzene rings is 1. The van der Waals surface area contributed by atoms with Crippen LogP contribution in [0.3, 0.4) is 0 Å². The minimum atomic E-state index is -0.411. The van der Waals surface area contributed by atoms with E-state index < -0.39 is 6.04 Å². The first-order chi connectivity index (χ1) is 13.6. The lowest BCUT2D eigenvalue weighted by Crippen LogP contribution is -2.45. The molecule has 1 amide bonds. The van der Waals surface area contributed by atoms with Gasteiger partial charge in [-0.3, -0.25) is 4.79 Å². The molecule has 1 aliphatic heterocycles. The Hall–Kier alpha value is -3.03. The third-order valence-corrected chi connectivity index (χ3v) is 5.98. The number of piperidine rings is 1. The molecule has 1 saturated carbocycles. The first kappa shape index (κ1) is 17.1. The van der Waals surface area contributed by atoms with Crippen molar-refractivity contribution < 1.29 is 9.21 Å². The number of anilines is 1. The number of carbonyl (C=O) groups is 1. The van der Waals surface area contributed by atoms with Crippen molar-refractivity contribution in [3.8, 4) is 11.5 Å². The summed E-state index contributed by atoms with van der Waals surface area (Å²) in [7, 11) is 0. The van der Waals surface area contributed by atoms with Gasteiger partial charge in [-0.05, 0) is 56.2 Å². The average Bonchev–Trinajstić information content (AvgIpc) is 3.31. The van der Waals surface area contributed by atoms with Gasteiger partial charge in [0.2, 0.25) is 11.8 Å². The zero-order valence-electron chi connectivity index (χ0n) is 15.8. The van der Waals surface area contributed by atoms with E-state index in [9.17, 15) is 4.79 Å². The number of hydrogen-bond donors (Lipinski definition) is 1. The summed E-state index contributed by atoms with van der Waals surface area (Å²) in [6.07, 6.45) is 8.17. The Balaban J connectivity index is 1.25. The highest BCUT2D eigenvalue weighted by molar-refractivity contribution is 5.84. The van der Waals surface area contributed by atoms with Gasteiger partial charge in [0, 0.05) is 30.2 Å². The Kier molecular flexibility index (Phi) is 3.99. The maximum atomic E-state index is 12.7. The van der Waals surface area contributed by atoms with Crippen molar-refractivity contribution >= 4 is 22.8 Å². The smallest absolute Gasteiger partial charge is 0.316 e. The van der Waals surface area contributed by atoms with Crippen LogP contribution in [0.2, 0.25) is 0 Å². The van der Waals surface area contributed by atoms with Crippen LogP contribution in [0.25, 0.3) is 22.4 Å². The van der Waals surface area contributed by atoms with Crippen LogP contribution < -0.4 is 5.32 Å². The van der Waals surface area contributed by atoms with Crippen LogP contribution in [0.5, 0.6) is 0 Å². The molecule has 0 radical (unpaired) electrons. The van der Waals surface area contributed by atoms with Crippen LogP contribution in [0.15, 0.2) is 35.1 Å². The molecule has 144 valence electrons. The van der Waals surface area contributed by atoms with Crippen molar-refractivity contribution in [1.29, 1.82) is 0 Å². The highest BCUT2D eigenvalue weighted by Crippen LogP contribution is 2.53. The summed E-state index contributed by atoms with van der Waals surface area (Å²) in [5, 5.41) is 12.1. The minimum Gasteiger partial charge on any atom is -0.403 e. The Morgan fingerprint density at radius 2 is 2.04 bits per heavy atom. The SMILES string of the molecule is C[C@H](Nc1nnc(-c2ccc3ncncc3c2)o1)C(=O)N1CCC2(CC1)CC2. The molecule has 8 nitrogen and oxygen atoms in total. The van der Waals surface area contributed by atoms with Gasteiger partial charge in [0.15, 0.2) is 0 Å². The zero-order valence-corrected chi connectivity index (χ0v) is 15.8. The lowest BCUT2D eigenvalue weighted by molar-refractivity contribution is -0.133. The van der Waals surface area contributed by atoms with E-state index in [-0.39, 0.29) is 11.9 Å². The van der Waals surface area contributed by atoms with E-state index in [1.165, 1.54) is 19.2 Å². The van der Waals surface area contributed by atoms with Crippen LogP contribution in [0.4, 0.5) is 6.01 Å². The van der Waals surface area contributed by atoms with Crippen molar-refractivity contribution in [3.63, 3.8) is 0 Å². The molecule has 8 heteroatoms. The molecule has 1 aromatic carbocycles. The Labute approximate surface area is 162 Å². The number of nitrogens with one attached hydrogen (secondary N) is 1. The molecule has 1 aliphatic carbocycles. The second kappa shape index (κ2) is 6.54. The summed E-state index contributed by atoms with van der Waals surface area (Å²) in [5.41, 5.74) is 2.19. The average molecular weight is 378 g/mol. The van der Waals surface area contributed by atoms with Crippen molar-refractivity contribution in [2.24, 2.45) is 5.41 Å². The van der Waals surface area contributed by atoms with Gasteiger partial charge in [0.05, 0.1) is 5.52 Å². The number of fused-ring (bicyclic) bond motifs is 1. The molecule has 1 saturated heterocycles. The first-order valence-corrected chi connectivity index (χ1v) is 9.71. The van der Waals surface area contributed by atoms with Crippen LogP contribution in [0, 0.1) is 5.41 Å². The summed E-state index contributed by atoms with van der Waals surface area (Å²) >= 11 is 0. The number of carbonyl (C=O) groups excluding carboxylic acids is 1. The molecule has 0 bridgehead atoms. The monoisotopic (exact) mass is 378 g/mol. The van der Waals surface area contributed by atoms with Crippen LogP contribution in [0.1, 0.15) is 32.6 Å². The predicted molar refractivity (Wildman–Crippen MR) is 103 cm³/mol. The maximum Gasteiger partial charge on any atom is 0.316 e. The van der Waals surface area contributed by atoms with Gasteiger partial charge in [-0.2, -0.15) is 0 Å². The second-order valence-corrected chi connectivity index (χ2v) is 7.90. The van der Waals surface area contributed by atoms with Crippen LogP contribution >= 0.6 is 0 Å². The third-order valence-electron chi connectivity index (χ3n) is 5.98. The minimum absolute atomic E-state index is 0.0816.